The number of rotatable bonds is 12. The van der Waals surface area contributed by atoms with Gasteiger partial charge < -0.3 is 4.48 Å². The minimum absolute atomic E-state index is 1.35. The fourth-order valence-electron chi connectivity index (χ4n) is 2.64. The van der Waals surface area contributed by atoms with Crippen LogP contribution in [0.3, 0.4) is 0 Å². The first-order chi connectivity index (χ1) is 10.2. The van der Waals surface area contributed by atoms with Crippen LogP contribution in [0.15, 0.2) is 0 Å². The van der Waals surface area contributed by atoms with E-state index < -0.39 is 12.8 Å². The fourth-order valence-corrected chi connectivity index (χ4v) is 2.64. The predicted molar refractivity (Wildman–Crippen MR) is 103 cm³/mol. The van der Waals surface area contributed by atoms with Gasteiger partial charge in [0.05, 0.1) is 26.2 Å². The quantitative estimate of drug-likeness (QED) is 0.163. The molecule has 0 radical (unpaired) electrons. The summed E-state index contributed by atoms with van der Waals surface area (Å²) >= 11 is -3.00. The van der Waals surface area contributed by atoms with Crippen LogP contribution in [-0.2, 0) is 12.8 Å². The van der Waals surface area contributed by atoms with Crippen molar-refractivity contribution in [1.29, 1.82) is 0 Å². The van der Waals surface area contributed by atoms with Crippen LogP contribution in [0.2, 0.25) is 0 Å². The number of halogens is 4. The van der Waals surface area contributed by atoms with Gasteiger partial charge in [0, 0.05) is 0 Å². The van der Waals surface area contributed by atoms with E-state index in [-0.39, 0.29) is 0 Å². The first-order valence-electron chi connectivity index (χ1n) is 8.55. The second-order valence-corrected chi connectivity index (χ2v) is 24.7. The molecule has 0 aromatic rings. The van der Waals surface area contributed by atoms with Crippen LogP contribution in [0.4, 0.5) is 0 Å². The molecule has 22 heavy (non-hydrogen) atoms. The van der Waals surface area contributed by atoms with Gasteiger partial charge in [0.2, 0.25) is 0 Å². The van der Waals surface area contributed by atoms with E-state index in [9.17, 15) is 0 Å². The molecule has 0 saturated carbocycles. The molecule has 0 heterocycles. The minimum atomic E-state index is -3.00. The molecule has 0 atom stereocenters. The third-order valence-electron chi connectivity index (χ3n) is 3.94. The fraction of sp³-hybridized carbons (Fsp3) is 1.00. The first kappa shape index (κ1) is 26.1. The van der Waals surface area contributed by atoms with Crippen LogP contribution < -0.4 is 0 Å². The van der Waals surface area contributed by atoms with Crippen molar-refractivity contribution in [2.45, 2.75) is 79.1 Å². The zero-order valence-electron chi connectivity index (χ0n) is 14.7. The second kappa shape index (κ2) is 16.3. The summed E-state index contributed by atoms with van der Waals surface area (Å²) in [6.45, 7) is 15.0. The van der Waals surface area contributed by atoms with Gasteiger partial charge in [-0.1, -0.05) is 53.4 Å². The average Bonchev–Trinajstić information content (AvgIpc) is 2.44. The van der Waals surface area contributed by atoms with Crippen molar-refractivity contribution in [2.24, 2.45) is 0 Å². The molecule has 0 aromatic heterocycles. The van der Waals surface area contributed by atoms with Crippen molar-refractivity contribution in [3.63, 3.8) is 0 Å². The molecule has 0 amide bonds. The molecular formula is C16H36AuCl4N. The topological polar surface area (TPSA) is 0 Å². The van der Waals surface area contributed by atoms with Gasteiger partial charge in [-0.3, -0.25) is 0 Å². The number of hydrogen-bond acceptors (Lipinski definition) is 0. The van der Waals surface area contributed by atoms with Crippen LogP contribution in [0, 0.1) is 0 Å². The summed E-state index contributed by atoms with van der Waals surface area (Å²) in [7, 11) is 20.0. The maximum absolute atomic E-state index is 5.00. The summed E-state index contributed by atoms with van der Waals surface area (Å²) in [5.74, 6) is 0. The Balaban J connectivity index is 0. The van der Waals surface area contributed by atoms with Gasteiger partial charge in [0.15, 0.2) is 0 Å². The third-order valence-corrected chi connectivity index (χ3v) is 3.94. The Bertz CT molecular complexity index is 191. The van der Waals surface area contributed by atoms with E-state index in [1.165, 1.54) is 82.0 Å². The summed E-state index contributed by atoms with van der Waals surface area (Å²) in [4.78, 5) is 0. The zero-order chi connectivity index (χ0) is 17.5. The van der Waals surface area contributed by atoms with Gasteiger partial charge in [-0.2, -0.15) is 0 Å². The van der Waals surface area contributed by atoms with E-state index in [2.05, 4.69) is 27.7 Å². The van der Waals surface area contributed by atoms with Crippen molar-refractivity contribution >= 4 is 36.8 Å². The summed E-state index contributed by atoms with van der Waals surface area (Å²) in [5.41, 5.74) is 0. The molecule has 0 aliphatic heterocycles. The molecule has 0 rings (SSSR count). The van der Waals surface area contributed by atoms with Gasteiger partial charge in [-0.25, -0.2) is 0 Å². The Morgan fingerprint density at radius 3 is 0.864 bits per heavy atom. The van der Waals surface area contributed by atoms with Gasteiger partial charge in [0.25, 0.3) is 0 Å². The van der Waals surface area contributed by atoms with Crippen molar-refractivity contribution in [3.8, 4) is 0 Å². The summed E-state index contributed by atoms with van der Waals surface area (Å²) in [6.07, 6.45) is 11.1. The molecule has 0 fully saturated rings. The van der Waals surface area contributed by atoms with Crippen molar-refractivity contribution in [2.75, 3.05) is 26.2 Å². The molecule has 0 aliphatic carbocycles. The van der Waals surface area contributed by atoms with Crippen LogP contribution in [0.25, 0.3) is 0 Å². The van der Waals surface area contributed by atoms with Crippen LogP contribution in [0.5, 0.6) is 0 Å². The van der Waals surface area contributed by atoms with Crippen molar-refractivity contribution in [1.82, 2.24) is 0 Å². The van der Waals surface area contributed by atoms with Crippen molar-refractivity contribution < 1.29 is 17.3 Å². The first-order valence-corrected chi connectivity index (χ1v) is 19.3. The van der Waals surface area contributed by atoms with E-state index in [1.807, 2.05) is 0 Å². The Kier molecular flexibility index (Phi) is 19.4. The Labute approximate surface area is 158 Å². The van der Waals surface area contributed by atoms with Gasteiger partial charge in [-0.15, -0.1) is 0 Å². The normalized spacial score (nSPS) is 12.7. The van der Waals surface area contributed by atoms with Gasteiger partial charge in [0.1, 0.15) is 0 Å². The molecule has 144 valence electrons. The molecule has 6 heteroatoms. The Hall–Kier alpha value is 1.86. The van der Waals surface area contributed by atoms with E-state index in [1.54, 1.807) is 0 Å². The molecule has 0 bridgehead atoms. The summed E-state index contributed by atoms with van der Waals surface area (Å²) in [6, 6.07) is 0. The zero-order valence-corrected chi connectivity index (χ0v) is 19.9. The van der Waals surface area contributed by atoms with Gasteiger partial charge in [-0.05, 0) is 25.7 Å². The predicted octanol–water partition coefficient (Wildman–Crippen LogP) is 7.76. The standard InChI is InChI=1S/C16H36N.Au.4ClH/c1-5-9-13-17(14-10-6-2,15-11-7-3)16-12-8-4;;;;;/h5-16H2,1-4H3;;4*1H/q+1;+3;;;;/p-4. The van der Waals surface area contributed by atoms with Gasteiger partial charge >= 0.3 is 49.6 Å². The Morgan fingerprint density at radius 2 is 0.727 bits per heavy atom. The average molecular weight is 581 g/mol. The maximum atomic E-state index is 5.00. The van der Waals surface area contributed by atoms with Crippen molar-refractivity contribution in [3.05, 3.63) is 0 Å². The van der Waals surface area contributed by atoms with Crippen LogP contribution >= 0.6 is 36.8 Å². The number of hydrogen-bond donors (Lipinski definition) is 0. The van der Waals surface area contributed by atoms with Crippen LogP contribution in [-0.4, -0.2) is 30.7 Å². The second-order valence-electron chi connectivity index (χ2n) is 5.91. The number of unbranched alkanes of at least 4 members (excludes halogenated alkanes) is 4. The molecule has 0 spiro atoms. The van der Waals surface area contributed by atoms with Crippen LogP contribution in [0.1, 0.15) is 79.1 Å². The SMILES string of the molecule is CCCC[N+](CCCC)(CCCC)CCCC.[Cl][Au-]([Cl])([Cl])[Cl]. The van der Waals surface area contributed by atoms with E-state index in [4.69, 9.17) is 36.8 Å². The molecule has 1 nitrogen and oxygen atoms in total. The number of quaternary nitrogens is 1. The van der Waals surface area contributed by atoms with E-state index >= 15 is 0 Å². The number of nitrogens with zero attached hydrogens (tertiary/aromatic N) is 1. The molecule has 0 unspecified atom stereocenters. The molecule has 0 aromatic carbocycles. The monoisotopic (exact) mass is 579 g/mol. The van der Waals surface area contributed by atoms with E-state index in [0.29, 0.717) is 0 Å². The summed E-state index contributed by atoms with van der Waals surface area (Å²) < 4.78 is 1.42. The Morgan fingerprint density at radius 1 is 0.545 bits per heavy atom. The molecule has 0 N–H and O–H groups in total. The molecule has 0 aliphatic rings. The molecule has 0 saturated heterocycles. The van der Waals surface area contributed by atoms with E-state index in [0.717, 1.165) is 0 Å². The summed E-state index contributed by atoms with van der Waals surface area (Å²) in [5, 5.41) is 0. The third kappa shape index (κ3) is 19.9. The molecular weight excluding hydrogens is 545 g/mol.